The molecule has 1 unspecified atom stereocenters. The van der Waals surface area contributed by atoms with Crippen molar-refractivity contribution in [3.8, 4) is 0 Å². The number of carbonyl (C=O) groups is 1. The van der Waals surface area contributed by atoms with Crippen LogP contribution < -0.4 is 11.1 Å². The Morgan fingerprint density at radius 2 is 2.20 bits per heavy atom. The van der Waals surface area contributed by atoms with E-state index in [0.717, 1.165) is 32.1 Å². The lowest BCUT2D eigenvalue weighted by Gasteiger charge is -2.36. The number of rotatable bonds is 5. The van der Waals surface area contributed by atoms with Crippen LogP contribution in [0.15, 0.2) is 4.52 Å². The highest BCUT2D eigenvalue weighted by Gasteiger charge is 2.40. The lowest BCUT2D eigenvalue weighted by Crippen LogP contribution is -2.54. The summed E-state index contributed by atoms with van der Waals surface area (Å²) < 4.78 is 9.99. The van der Waals surface area contributed by atoms with Gasteiger partial charge in [-0.2, -0.15) is 4.98 Å². The van der Waals surface area contributed by atoms with E-state index >= 15 is 0 Å². The lowest BCUT2D eigenvalue weighted by atomic mass is 9.80. The summed E-state index contributed by atoms with van der Waals surface area (Å²) in [4.78, 5) is 16.5. The van der Waals surface area contributed by atoms with E-state index < -0.39 is 11.6 Å². The van der Waals surface area contributed by atoms with E-state index in [1.807, 2.05) is 0 Å². The molecule has 1 aromatic rings. The van der Waals surface area contributed by atoms with Crippen LogP contribution in [0, 0.1) is 6.92 Å². The minimum absolute atomic E-state index is 0.188. The molecule has 0 saturated heterocycles. The van der Waals surface area contributed by atoms with Crippen LogP contribution in [0.2, 0.25) is 0 Å². The molecule has 1 atom stereocenters. The van der Waals surface area contributed by atoms with Gasteiger partial charge in [-0.15, -0.1) is 0 Å². The van der Waals surface area contributed by atoms with E-state index in [9.17, 15) is 4.79 Å². The van der Waals surface area contributed by atoms with Crippen LogP contribution in [0.1, 0.15) is 43.8 Å². The van der Waals surface area contributed by atoms with E-state index in [4.69, 9.17) is 15.0 Å². The Labute approximate surface area is 118 Å². The summed E-state index contributed by atoms with van der Waals surface area (Å²) in [7, 11) is 1.52. The average Bonchev–Trinajstić information content (AvgIpc) is 2.87. The van der Waals surface area contributed by atoms with Crippen LogP contribution >= 0.6 is 0 Å². The van der Waals surface area contributed by atoms with Crippen LogP contribution in [0.3, 0.4) is 0 Å². The van der Waals surface area contributed by atoms with Gasteiger partial charge < -0.3 is 20.3 Å². The number of carbonyl (C=O) groups excluding carboxylic acids is 1. The smallest absolute Gasteiger partial charge is 0.240 e. The van der Waals surface area contributed by atoms with Crippen molar-refractivity contribution in [2.75, 3.05) is 13.7 Å². The predicted molar refractivity (Wildman–Crippen MR) is 71.8 cm³/mol. The van der Waals surface area contributed by atoms with Crippen molar-refractivity contribution in [1.82, 2.24) is 15.5 Å². The summed E-state index contributed by atoms with van der Waals surface area (Å²) in [6.07, 6.45) is 4.80. The Bertz CT molecular complexity index is 454. The van der Waals surface area contributed by atoms with Gasteiger partial charge in [0.1, 0.15) is 11.6 Å². The van der Waals surface area contributed by atoms with Gasteiger partial charge in [0.15, 0.2) is 5.82 Å². The molecular formula is C13H22N4O3. The number of nitrogens with one attached hydrogen (secondary N) is 1. The molecule has 2 rings (SSSR count). The highest BCUT2D eigenvalue weighted by Crippen LogP contribution is 2.35. The first kappa shape index (κ1) is 14.9. The fourth-order valence-electron chi connectivity index (χ4n) is 2.64. The number of nitrogens with two attached hydrogens (primary N) is 1. The number of hydrogen-bond acceptors (Lipinski definition) is 6. The number of hydrogen-bond donors (Lipinski definition) is 2. The number of nitrogens with zero attached hydrogens (tertiary/aromatic N) is 2. The molecule has 1 saturated carbocycles. The van der Waals surface area contributed by atoms with E-state index in [1.165, 1.54) is 7.11 Å². The Morgan fingerprint density at radius 3 is 2.75 bits per heavy atom. The molecule has 112 valence electrons. The summed E-state index contributed by atoms with van der Waals surface area (Å²) in [6, 6.07) is -0.688. The number of amides is 1. The van der Waals surface area contributed by atoms with Crippen LogP contribution in [0.5, 0.6) is 0 Å². The summed E-state index contributed by atoms with van der Waals surface area (Å²) in [6.45, 7) is 1.93. The van der Waals surface area contributed by atoms with E-state index in [2.05, 4.69) is 15.5 Å². The van der Waals surface area contributed by atoms with Crippen LogP contribution in [-0.2, 0) is 15.1 Å². The highest BCUT2D eigenvalue weighted by atomic mass is 16.5. The van der Waals surface area contributed by atoms with E-state index in [1.54, 1.807) is 6.92 Å². The van der Waals surface area contributed by atoms with Crippen molar-refractivity contribution in [2.45, 2.75) is 50.6 Å². The third kappa shape index (κ3) is 3.16. The number of ether oxygens (including phenoxy) is 1. The third-order valence-corrected chi connectivity index (χ3v) is 3.71. The summed E-state index contributed by atoms with van der Waals surface area (Å²) in [5.41, 5.74) is 5.23. The molecule has 0 aromatic carbocycles. The van der Waals surface area contributed by atoms with Crippen LogP contribution in [-0.4, -0.2) is 35.8 Å². The highest BCUT2D eigenvalue weighted by molar-refractivity contribution is 5.82. The van der Waals surface area contributed by atoms with Gasteiger partial charge in [0, 0.05) is 14.0 Å². The monoisotopic (exact) mass is 282 g/mol. The van der Waals surface area contributed by atoms with Crippen molar-refractivity contribution in [3.05, 3.63) is 11.7 Å². The first-order valence-electron chi connectivity index (χ1n) is 6.95. The molecule has 1 heterocycles. The predicted octanol–water partition coefficient (Wildman–Crippen LogP) is 0.627. The van der Waals surface area contributed by atoms with Crippen molar-refractivity contribution >= 4 is 5.91 Å². The minimum Gasteiger partial charge on any atom is -0.383 e. The maximum absolute atomic E-state index is 12.2. The third-order valence-electron chi connectivity index (χ3n) is 3.71. The molecule has 1 amide bonds. The maximum atomic E-state index is 12.2. The first-order valence-corrected chi connectivity index (χ1v) is 6.95. The molecule has 7 heteroatoms. The summed E-state index contributed by atoms with van der Waals surface area (Å²) in [5, 5.41) is 7.01. The zero-order chi connectivity index (χ0) is 14.6. The number of aryl methyl sites for hydroxylation is 1. The normalized spacial score (nSPS) is 19.6. The van der Waals surface area contributed by atoms with Gasteiger partial charge in [-0.05, 0) is 12.8 Å². The maximum Gasteiger partial charge on any atom is 0.240 e. The Balaban J connectivity index is 2.17. The molecule has 0 aliphatic heterocycles. The molecule has 1 aliphatic carbocycles. The van der Waals surface area contributed by atoms with E-state index in [0.29, 0.717) is 11.7 Å². The molecule has 3 N–H and O–H groups in total. The second kappa shape index (κ2) is 6.32. The van der Waals surface area contributed by atoms with Gasteiger partial charge in [0.25, 0.3) is 0 Å². The molecule has 0 radical (unpaired) electrons. The topological polar surface area (TPSA) is 103 Å². The molecule has 7 nitrogen and oxygen atoms in total. The molecule has 1 aliphatic rings. The van der Waals surface area contributed by atoms with E-state index in [-0.39, 0.29) is 12.5 Å². The van der Waals surface area contributed by atoms with Gasteiger partial charge in [0.05, 0.1) is 6.61 Å². The van der Waals surface area contributed by atoms with Gasteiger partial charge in [0.2, 0.25) is 11.8 Å². The average molecular weight is 282 g/mol. The molecule has 0 spiro atoms. The quantitative estimate of drug-likeness (QED) is 0.821. The second-order valence-electron chi connectivity index (χ2n) is 5.33. The van der Waals surface area contributed by atoms with Crippen molar-refractivity contribution in [2.24, 2.45) is 5.73 Å². The summed E-state index contributed by atoms with van der Waals surface area (Å²) in [5.74, 6) is 0.809. The van der Waals surface area contributed by atoms with Crippen LogP contribution in [0.4, 0.5) is 0 Å². The molecule has 1 fully saturated rings. The molecule has 1 aromatic heterocycles. The van der Waals surface area contributed by atoms with Crippen molar-refractivity contribution in [3.63, 3.8) is 0 Å². The van der Waals surface area contributed by atoms with Gasteiger partial charge in [-0.25, -0.2) is 0 Å². The minimum atomic E-state index is -0.688. The number of methoxy groups -OCH3 is 1. The zero-order valence-electron chi connectivity index (χ0n) is 12.0. The second-order valence-corrected chi connectivity index (χ2v) is 5.33. The van der Waals surface area contributed by atoms with Gasteiger partial charge in [-0.1, -0.05) is 24.4 Å². The standard InChI is InChI=1S/C13H22N4O3/c1-9-15-12(17-20-9)13(6-4-3-5-7-13)16-11(18)10(14)8-19-2/h10H,3-8,14H2,1-2H3,(H,16,18). The molecule has 20 heavy (non-hydrogen) atoms. The van der Waals surface area contributed by atoms with Crippen molar-refractivity contribution < 1.29 is 14.1 Å². The lowest BCUT2D eigenvalue weighted by molar-refractivity contribution is -0.126. The SMILES string of the molecule is COCC(N)C(=O)NC1(c2noc(C)n2)CCCCC1. The van der Waals surface area contributed by atoms with Gasteiger partial charge >= 0.3 is 0 Å². The summed E-state index contributed by atoms with van der Waals surface area (Å²) >= 11 is 0. The fourth-order valence-corrected chi connectivity index (χ4v) is 2.64. The van der Waals surface area contributed by atoms with Gasteiger partial charge in [-0.3, -0.25) is 4.79 Å². The van der Waals surface area contributed by atoms with Crippen molar-refractivity contribution in [1.29, 1.82) is 0 Å². The number of aromatic nitrogens is 2. The van der Waals surface area contributed by atoms with Crippen LogP contribution in [0.25, 0.3) is 0 Å². The Hall–Kier alpha value is -1.47. The zero-order valence-corrected chi connectivity index (χ0v) is 12.0. The Kier molecular flexibility index (Phi) is 4.72. The Morgan fingerprint density at radius 1 is 1.50 bits per heavy atom. The largest absolute Gasteiger partial charge is 0.383 e. The first-order chi connectivity index (χ1) is 9.57. The molecule has 0 bridgehead atoms. The molecular weight excluding hydrogens is 260 g/mol. The fraction of sp³-hybridized carbons (Fsp3) is 0.769.